The van der Waals surface area contributed by atoms with Crippen molar-refractivity contribution in [3.8, 4) is 0 Å². The summed E-state index contributed by atoms with van der Waals surface area (Å²) in [6.07, 6.45) is 2.37. The van der Waals surface area contributed by atoms with Crippen molar-refractivity contribution in [2.45, 2.75) is 32.7 Å². The molecule has 3 nitrogen and oxygen atoms in total. The first-order valence-electron chi connectivity index (χ1n) is 6.86. The zero-order chi connectivity index (χ0) is 14.8. The molecule has 1 saturated heterocycles. The van der Waals surface area contributed by atoms with E-state index in [4.69, 9.17) is 11.6 Å². The van der Waals surface area contributed by atoms with Gasteiger partial charge in [-0.15, -0.1) is 0 Å². The zero-order valence-electron chi connectivity index (χ0n) is 11.5. The van der Waals surface area contributed by atoms with Gasteiger partial charge in [0.25, 0.3) is 0 Å². The SMILES string of the molecule is CCCC1(C(=O)O)CCN(Cc2ccc(Br)cc2Cl)C1. The number of carbonyl (C=O) groups is 1. The lowest BCUT2D eigenvalue weighted by atomic mass is 9.83. The van der Waals surface area contributed by atoms with E-state index in [-0.39, 0.29) is 0 Å². The standard InChI is InChI=1S/C15H19BrClNO2/c1-2-5-15(14(19)20)6-7-18(10-15)9-11-3-4-12(16)8-13(11)17/h3-4,8H,2,5-7,9-10H2,1H3,(H,19,20). The van der Waals surface area contributed by atoms with E-state index in [1.807, 2.05) is 25.1 Å². The summed E-state index contributed by atoms with van der Waals surface area (Å²) in [5.74, 6) is -0.663. The minimum absolute atomic E-state index is 0.573. The molecule has 2 rings (SSSR count). The fourth-order valence-electron chi connectivity index (χ4n) is 2.95. The maximum Gasteiger partial charge on any atom is 0.310 e. The molecule has 1 atom stereocenters. The van der Waals surface area contributed by atoms with Crippen molar-refractivity contribution in [3.05, 3.63) is 33.3 Å². The number of carboxylic acids is 1. The van der Waals surface area contributed by atoms with Crippen LogP contribution in [0.1, 0.15) is 31.7 Å². The monoisotopic (exact) mass is 359 g/mol. The molecule has 1 aromatic rings. The number of nitrogens with zero attached hydrogens (tertiary/aromatic N) is 1. The second-order valence-electron chi connectivity index (χ2n) is 5.53. The first kappa shape index (κ1) is 15.8. The van der Waals surface area contributed by atoms with Crippen molar-refractivity contribution in [2.75, 3.05) is 13.1 Å². The summed E-state index contributed by atoms with van der Waals surface area (Å²) in [5.41, 5.74) is 0.476. The molecule has 1 unspecified atom stereocenters. The maximum atomic E-state index is 11.6. The summed E-state index contributed by atoms with van der Waals surface area (Å²) in [6, 6.07) is 5.84. The molecule has 0 spiro atoms. The number of hydrogen-bond acceptors (Lipinski definition) is 2. The number of benzene rings is 1. The minimum Gasteiger partial charge on any atom is -0.481 e. The highest BCUT2D eigenvalue weighted by Gasteiger charge is 2.43. The summed E-state index contributed by atoms with van der Waals surface area (Å²) >= 11 is 9.62. The molecule has 1 aliphatic heterocycles. The third-order valence-corrected chi connectivity index (χ3v) is 4.87. The van der Waals surface area contributed by atoms with Crippen molar-refractivity contribution in [1.29, 1.82) is 0 Å². The Morgan fingerprint density at radius 1 is 1.55 bits per heavy atom. The molecular formula is C15H19BrClNO2. The average molecular weight is 361 g/mol. The van der Waals surface area contributed by atoms with E-state index in [2.05, 4.69) is 20.8 Å². The molecule has 1 heterocycles. The smallest absolute Gasteiger partial charge is 0.310 e. The quantitative estimate of drug-likeness (QED) is 0.856. The van der Waals surface area contributed by atoms with Gasteiger partial charge in [0.2, 0.25) is 0 Å². The number of hydrogen-bond donors (Lipinski definition) is 1. The van der Waals surface area contributed by atoms with Gasteiger partial charge in [0, 0.05) is 22.6 Å². The third kappa shape index (κ3) is 3.35. The van der Waals surface area contributed by atoms with Gasteiger partial charge in [-0.1, -0.05) is 46.9 Å². The van der Waals surface area contributed by atoms with Crippen LogP contribution < -0.4 is 0 Å². The van der Waals surface area contributed by atoms with Crippen molar-refractivity contribution >= 4 is 33.5 Å². The predicted molar refractivity (Wildman–Crippen MR) is 84.0 cm³/mol. The van der Waals surface area contributed by atoms with Crippen LogP contribution in [-0.2, 0) is 11.3 Å². The summed E-state index contributed by atoms with van der Waals surface area (Å²) in [6.45, 7) is 4.19. The van der Waals surface area contributed by atoms with Crippen molar-refractivity contribution < 1.29 is 9.90 Å². The Hall–Kier alpha value is -0.580. The van der Waals surface area contributed by atoms with Crippen LogP contribution in [0.2, 0.25) is 5.02 Å². The second-order valence-corrected chi connectivity index (χ2v) is 6.85. The highest BCUT2D eigenvalue weighted by molar-refractivity contribution is 9.10. The molecule has 1 aliphatic rings. The normalized spacial score (nSPS) is 23.1. The Labute approximate surface area is 133 Å². The Bertz CT molecular complexity index is 509. The van der Waals surface area contributed by atoms with Gasteiger partial charge in [-0.3, -0.25) is 9.69 Å². The predicted octanol–water partition coefficient (Wildman–Crippen LogP) is 4.18. The van der Waals surface area contributed by atoms with E-state index in [1.54, 1.807) is 0 Å². The third-order valence-electron chi connectivity index (χ3n) is 4.02. The van der Waals surface area contributed by atoms with Crippen LogP contribution in [0.25, 0.3) is 0 Å². The summed E-state index contributed by atoms with van der Waals surface area (Å²) in [4.78, 5) is 13.8. The van der Waals surface area contributed by atoms with E-state index < -0.39 is 11.4 Å². The Morgan fingerprint density at radius 2 is 2.30 bits per heavy atom. The molecule has 0 radical (unpaired) electrons. The van der Waals surface area contributed by atoms with Gasteiger partial charge in [0.1, 0.15) is 0 Å². The molecule has 0 bridgehead atoms. The van der Waals surface area contributed by atoms with Crippen LogP contribution in [-0.4, -0.2) is 29.1 Å². The molecule has 1 fully saturated rings. The lowest BCUT2D eigenvalue weighted by Crippen LogP contribution is -2.34. The molecule has 0 amide bonds. The number of aliphatic carboxylic acids is 1. The van der Waals surface area contributed by atoms with Crippen LogP contribution >= 0.6 is 27.5 Å². The van der Waals surface area contributed by atoms with Gasteiger partial charge in [0.05, 0.1) is 5.41 Å². The van der Waals surface area contributed by atoms with Crippen LogP contribution in [0.4, 0.5) is 0 Å². The first-order chi connectivity index (χ1) is 9.47. The van der Waals surface area contributed by atoms with E-state index in [9.17, 15) is 9.90 Å². The lowest BCUT2D eigenvalue weighted by Gasteiger charge is -2.24. The zero-order valence-corrected chi connectivity index (χ0v) is 13.9. The van der Waals surface area contributed by atoms with Crippen LogP contribution in [0, 0.1) is 5.41 Å². The van der Waals surface area contributed by atoms with Crippen LogP contribution in [0.3, 0.4) is 0 Å². The first-order valence-corrected chi connectivity index (χ1v) is 8.03. The molecule has 110 valence electrons. The van der Waals surface area contributed by atoms with Gasteiger partial charge in [-0.25, -0.2) is 0 Å². The van der Waals surface area contributed by atoms with Crippen molar-refractivity contribution in [2.24, 2.45) is 5.41 Å². The highest BCUT2D eigenvalue weighted by Crippen LogP contribution is 2.36. The summed E-state index contributed by atoms with van der Waals surface area (Å²) in [5, 5.41) is 10.2. The Balaban J connectivity index is 2.07. The van der Waals surface area contributed by atoms with Crippen LogP contribution in [0.5, 0.6) is 0 Å². The molecular weight excluding hydrogens is 342 g/mol. The van der Waals surface area contributed by atoms with E-state index in [1.165, 1.54) is 0 Å². The second kappa shape index (κ2) is 6.46. The molecule has 1 N–H and O–H groups in total. The van der Waals surface area contributed by atoms with Gasteiger partial charge < -0.3 is 5.11 Å². The molecule has 0 saturated carbocycles. The topological polar surface area (TPSA) is 40.5 Å². The molecule has 0 aliphatic carbocycles. The number of rotatable bonds is 5. The fraction of sp³-hybridized carbons (Fsp3) is 0.533. The van der Waals surface area contributed by atoms with E-state index in [0.29, 0.717) is 13.1 Å². The van der Waals surface area contributed by atoms with E-state index in [0.717, 1.165) is 40.9 Å². The highest BCUT2D eigenvalue weighted by atomic mass is 79.9. The molecule has 0 aromatic heterocycles. The number of likely N-dealkylation sites (tertiary alicyclic amines) is 1. The van der Waals surface area contributed by atoms with E-state index >= 15 is 0 Å². The number of halogens is 2. The van der Waals surface area contributed by atoms with Crippen molar-refractivity contribution in [1.82, 2.24) is 4.90 Å². The van der Waals surface area contributed by atoms with Gasteiger partial charge >= 0.3 is 5.97 Å². The fourth-order valence-corrected chi connectivity index (χ4v) is 3.68. The van der Waals surface area contributed by atoms with Crippen molar-refractivity contribution in [3.63, 3.8) is 0 Å². The average Bonchev–Trinajstić information content (AvgIpc) is 2.78. The lowest BCUT2D eigenvalue weighted by molar-refractivity contribution is -0.148. The summed E-state index contributed by atoms with van der Waals surface area (Å²) < 4.78 is 0.957. The molecule has 20 heavy (non-hydrogen) atoms. The molecule has 1 aromatic carbocycles. The molecule has 5 heteroatoms. The summed E-state index contributed by atoms with van der Waals surface area (Å²) in [7, 11) is 0. The number of carboxylic acid groups (broad SMARTS) is 1. The largest absolute Gasteiger partial charge is 0.481 e. The van der Waals surface area contributed by atoms with Crippen LogP contribution in [0.15, 0.2) is 22.7 Å². The Kier molecular flexibility index (Phi) is 5.10. The minimum atomic E-state index is -0.663. The van der Waals surface area contributed by atoms with Gasteiger partial charge in [0.15, 0.2) is 0 Å². The Morgan fingerprint density at radius 3 is 2.90 bits per heavy atom. The maximum absolute atomic E-state index is 11.6. The van der Waals surface area contributed by atoms with Gasteiger partial charge in [-0.2, -0.15) is 0 Å². The van der Waals surface area contributed by atoms with Gasteiger partial charge in [-0.05, 0) is 37.1 Å².